The van der Waals surface area contributed by atoms with E-state index < -0.39 is 0 Å². The number of likely N-dealkylation sites (tertiary alicyclic amines) is 1. The normalized spacial score (nSPS) is 16.4. The molecule has 1 atom stereocenters. The van der Waals surface area contributed by atoms with Gasteiger partial charge in [0.25, 0.3) is 18.3 Å². The average Bonchev–Trinajstić information content (AvgIpc) is 3.48. The molecule has 1 aliphatic heterocycles. The third-order valence-corrected chi connectivity index (χ3v) is 9.06. The zero-order valence-electron chi connectivity index (χ0n) is 26.7. The van der Waals surface area contributed by atoms with E-state index in [1.165, 1.54) is 30.6 Å². The third kappa shape index (κ3) is 8.52. The number of anilines is 1. The van der Waals surface area contributed by atoms with Crippen LogP contribution in [0.4, 0.5) is 5.95 Å². The van der Waals surface area contributed by atoms with E-state index in [1.807, 2.05) is 37.5 Å². The van der Waals surface area contributed by atoms with E-state index in [4.69, 9.17) is 19.3 Å². The molecular weight excluding hydrogens is 618 g/mol. The number of amides is 2. The van der Waals surface area contributed by atoms with Gasteiger partial charge in [0, 0.05) is 19.6 Å². The maximum Gasteiger partial charge on any atom is 0.290 e. The second-order valence-electron chi connectivity index (χ2n) is 12.9. The molecule has 246 valence electrons. The smallest absolute Gasteiger partial charge is 0.290 e. The largest absolute Gasteiger partial charge is 0.483 e. The van der Waals surface area contributed by atoms with E-state index in [9.17, 15) is 14.9 Å². The molecule has 0 spiro atoms. The molecule has 12 nitrogen and oxygen atoms in total. The standard InChI is InChI=1S/C33H37N7O3S.CH2O2/c1-33(2,3)14-23(15-34)31(42)39-12-4-5-24(39)19-40-26-9-8-22(17-35-16-21-6-7-21)13-25(26)37-32(40)38-30(41)29-11-10-28(44-29)27-18-36-20-43-27;2-1-3/h8-11,13-14,18,20-21,24,35H,4-7,12,16-17,19H2,1-3H3,(H,37,38,41);1H,(H,2,3)/b23-14+;/t24-;/m1./s1. The number of rotatable bonds is 10. The van der Waals surface area contributed by atoms with E-state index in [0.29, 0.717) is 29.7 Å². The Hall–Kier alpha value is -4.80. The van der Waals surface area contributed by atoms with Gasteiger partial charge in [0.15, 0.2) is 12.2 Å². The molecule has 6 rings (SSSR count). The maximum absolute atomic E-state index is 13.5. The number of carboxylic acid groups (broad SMARTS) is 1. The average molecular weight is 658 g/mol. The fourth-order valence-corrected chi connectivity index (χ4v) is 6.49. The van der Waals surface area contributed by atoms with Crippen LogP contribution < -0.4 is 10.6 Å². The van der Waals surface area contributed by atoms with Crippen molar-refractivity contribution in [1.29, 1.82) is 5.26 Å². The summed E-state index contributed by atoms with van der Waals surface area (Å²) >= 11 is 1.32. The molecule has 0 unspecified atom stereocenters. The summed E-state index contributed by atoms with van der Waals surface area (Å²) in [7, 11) is 0. The van der Waals surface area contributed by atoms with Crippen LogP contribution >= 0.6 is 11.3 Å². The Kier molecular flexibility index (Phi) is 10.5. The number of benzene rings is 1. The number of fused-ring (bicyclic) bond motifs is 1. The van der Waals surface area contributed by atoms with Gasteiger partial charge in [-0.15, -0.1) is 11.3 Å². The topological polar surface area (TPSA) is 166 Å². The zero-order chi connectivity index (χ0) is 33.6. The molecule has 13 heteroatoms. The fraction of sp³-hybridized carbons (Fsp3) is 0.412. The highest BCUT2D eigenvalue weighted by atomic mass is 32.1. The summed E-state index contributed by atoms with van der Waals surface area (Å²) in [6.07, 6.45) is 8.96. The number of hydrogen-bond acceptors (Lipinski definition) is 9. The van der Waals surface area contributed by atoms with Crippen LogP contribution in [-0.4, -0.2) is 62.0 Å². The molecule has 3 aromatic heterocycles. The van der Waals surface area contributed by atoms with Gasteiger partial charge in [-0.3, -0.25) is 19.7 Å². The van der Waals surface area contributed by atoms with E-state index in [2.05, 4.69) is 33.8 Å². The summed E-state index contributed by atoms with van der Waals surface area (Å²) in [5.74, 6) is 1.30. The van der Waals surface area contributed by atoms with Crippen LogP contribution in [-0.2, 0) is 22.7 Å². The monoisotopic (exact) mass is 657 g/mol. The van der Waals surface area contributed by atoms with Crippen molar-refractivity contribution in [3.05, 3.63) is 65.0 Å². The van der Waals surface area contributed by atoms with Gasteiger partial charge in [0.1, 0.15) is 11.6 Å². The van der Waals surface area contributed by atoms with Crippen molar-refractivity contribution in [2.24, 2.45) is 11.3 Å². The first-order valence-corrected chi connectivity index (χ1v) is 16.4. The van der Waals surface area contributed by atoms with Gasteiger partial charge in [-0.25, -0.2) is 9.97 Å². The van der Waals surface area contributed by atoms with Crippen molar-refractivity contribution in [2.45, 2.75) is 65.6 Å². The molecule has 1 saturated carbocycles. The number of allylic oxidation sites excluding steroid dienone is 1. The molecule has 1 aliphatic carbocycles. The number of aromatic nitrogens is 3. The Morgan fingerprint density at radius 3 is 2.68 bits per heavy atom. The second kappa shape index (κ2) is 14.7. The highest BCUT2D eigenvalue weighted by Gasteiger charge is 2.33. The van der Waals surface area contributed by atoms with Crippen LogP contribution in [0.3, 0.4) is 0 Å². The van der Waals surface area contributed by atoms with Gasteiger partial charge >= 0.3 is 0 Å². The molecule has 1 saturated heterocycles. The Balaban J connectivity index is 0.00000139. The number of nitrogens with one attached hydrogen (secondary N) is 2. The first kappa shape index (κ1) is 33.6. The van der Waals surface area contributed by atoms with E-state index >= 15 is 0 Å². The predicted molar refractivity (Wildman–Crippen MR) is 179 cm³/mol. The molecule has 1 aromatic carbocycles. The summed E-state index contributed by atoms with van der Waals surface area (Å²) in [6, 6.07) is 11.8. The number of imidazole rings is 1. The highest BCUT2D eigenvalue weighted by molar-refractivity contribution is 7.17. The van der Waals surface area contributed by atoms with Gasteiger partial charge in [0.05, 0.1) is 33.0 Å². The minimum atomic E-state index is -0.297. The lowest BCUT2D eigenvalue weighted by Crippen LogP contribution is -2.39. The van der Waals surface area contributed by atoms with Crippen molar-refractivity contribution in [3.63, 3.8) is 0 Å². The van der Waals surface area contributed by atoms with Gasteiger partial charge in [-0.05, 0) is 73.4 Å². The quantitative estimate of drug-likeness (QED) is 0.110. The summed E-state index contributed by atoms with van der Waals surface area (Å²) < 4.78 is 7.39. The van der Waals surface area contributed by atoms with Crippen molar-refractivity contribution in [3.8, 4) is 16.7 Å². The van der Waals surface area contributed by atoms with Crippen molar-refractivity contribution in [1.82, 2.24) is 24.8 Å². The molecule has 0 radical (unpaired) electrons. The number of hydrogen-bond donors (Lipinski definition) is 3. The summed E-state index contributed by atoms with van der Waals surface area (Å²) in [5, 5.41) is 23.3. The lowest BCUT2D eigenvalue weighted by atomic mass is 9.93. The van der Waals surface area contributed by atoms with Crippen LogP contribution in [0.5, 0.6) is 0 Å². The van der Waals surface area contributed by atoms with Crippen LogP contribution in [0.15, 0.2) is 59.0 Å². The van der Waals surface area contributed by atoms with Gasteiger partial charge in [-0.2, -0.15) is 5.26 Å². The molecule has 2 aliphatic rings. The van der Waals surface area contributed by atoms with E-state index in [0.717, 1.165) is 53.3 Å². The number of carbonyl (C=O) groups excluding carboxylic acids is 2. The van der Waals surface area contributed by atoms with Gasteiger partial charge in [0.2, 0.25) is 5.95 Å². The number of nitriles is 1. The van der Waals surface area contributed by atoms with Gasteiger partial charge < -0.3 is 24.3 Å². The molecule has 4 aromatic rings. The number of thiophene rings is 1. The zero-order valence-corrected chi connectivity index (χ0v) is 27.5. The van der Waals surface area contributed by atoms with E-state index in [-0.39, 0.29) is 35.3 Å². The Bertz CT molecular complexity index is 1790. The van der Waals surface area contributed by atoms with Gasteiger partial charge in [-0.1, -0.05) is 32.9 Å². The Morgan fingerprint density at radius 2 is 2.00 bits per heavy atom. The van der Waals surface area contributed by atoms with Crippen molar-refractivity contribution in [2.75, 3.05) is 18.4 Å². The second-order valence-corrected chi connectivity index (χ2v) is 13.9. The lowest BCUT2D eigenvalue weighted by molar-refractivity contribution is -0.127. The molecule has 4 heterocycles. The van der Waals surface area contributed by atoms with Crippen LogP contribution in [0, 0.1) is 22.7 Å². The third-order valence-electron chi connectivity index (χ3n) is 7.96. The molecular formula is C34H39N7O5S. The Labute approximate surface area is 277 Å². The summed E-state index contributed by atoms with van der Waals surface area (Å²) in [4.78, 5) is 47.3. The van der Waals surface area contributed by atoms with Crippen LogP contribution in [0.1, 0.15) is 61.7 Å². The minimum Gasteiger partial charge on any atom is -0.483 e. The molecule has 3 N–H and O–H groups in total. The van der Waals surface area contributed by atoms with Crippen molar-refractivity contribution < 1.29 is 23.9 Å². The highest BCUT2D eigenvalue weighted by Crippen LogP contribution is 2.31. The first-order valence-electron chi connectivity index (χ1n) is 15.6. The Morgan fingerprint density at radius 1 is 1.21 bits per heavy atom. The van der Waals surface area contributed by atoms with Crippen LogP contribution in [0.2, 0.25) is 0 Å². The summed E-state index contributed by atoms with van der Waals surface area (Å²) in [5.41, 5.74) is 2.65. The predicted octanol–water partition coefficient (Wildman–Crippen LogP) is 5.69. The summed E-state index contributed by atoms with van der Waals surface area (Å²) in [6.45, 7) is 8.47. The number of oxazole rings is 1. The minimum absolute atomic E-state index is 0.146. The molecule has 47 heavy (non-hydrogen) atoms. The first-order chi connectivity index (χ1) is 22.6. The molecule has 2 fully saturated rings. The molecule has 2 amide bonds. The number of nitrogens with zero attached hydrogens (tertiary/aromatic N) is 5. The maximum atomic E-state index is 13.5. The fourth-order valence-electron chi connectivity index (χ4n) is 5.63. The SMILES string of the molecule is CC(C)(C)/C=C(\C#N)C(=O)N1CCC[C@@H]1Cn1c(NC(=O)c2ccc(-c3cnco3)s2)nc2cc(CNCC3CC3)ccc21.O=CO. The van der Waals surface area contributed by atoms with Crippen molar-refractivity contribution >= 4 is 46.6 Å². The number of carbonyl (C=O) groups is 3. The van der Waals surface area contributed by atoms with Crippen LogP contribution in [0.25, 0.3) is 21.7 Å². The lowest BCUT2D eigenvalue weighted by Gasteiger charge is -2.26. The van der Waals surface area contributed by atoms with E-state index in [1.54, 1.807) is 23.2 Å². The molecule has 0 bridgehead atoms.